The second-order valence-electron chi connectivity index (χ2n) is 7.48. The van der Waals surface area contributed by atoms with Crippen molar-refractivity contribution in [2.24, 2.45) is 0 Å². The smallest absolute Gasteiger partial charge is 0.408 e. The highest BCUT2D eigenvalue weighted by molar-refractivity contribution is 5.68. The van der Waals surface area contributed by atoms with Crippen LogP contribution in [0.5, 0.6) is 0 Å². The monoisotopic (exact) mass is 345 g/mol. The molecule has 0 heterocycles. The van der Waals surface area contributed by atoms with Gasteiger partial charge in [-0.25, -0.2) is 4.79 Å². The minimum Gasteiger partial charge on any atom is -0.444 e. The van der Waals surface area contributed by atoms with Crippen molar-refractivity contribution in [3.8, 4) is 0 Å². The number of rotatable bonds is 9. The third-order valence-corrected chi connectivity index (χ3v) is 3.95. The number of hydrogen-bond acceptors (Lipinski definition) is 5. The van der Waals surface area contributed by atoms with Crippen LogP contribution in [0.2, 0.25) is 0 Å². The first kappa shape index (κ1) is 21.2. The van der Waals surface area contributed by atoms with Crippen LogP contribution in [0.4, 0.5) is 4.79 Å². The van der Waals surface area contributed by atoms with Crippen molar-refractivity contribution in [1.82, 2.24) is 5.32 Å². The van der Waals surface area contributed by atoms with Gasteiger partial charge in [-0.15, -0.1) is 0 Å². The molecule has 0 saturated heterocycles. The van der Waals surface area contributed by atoms with E-state index >= 15 is 0 Å². The van der Waals surface area contributed by atoms with E-state index in [4.69, 9.17) is 14.2 Å². The Bertz CT molecular complexity index is 348. The first-order valence-electron chi connectivity index (χ1n) is 9.17. The number of amides is 1. The SMILES string of the molecule is CCCCOC1CCC(OC[C@H](CO)NC(=O)OC(C)(C)C)CC1. The molecule has 1 saturated carbocycles. The van der Waals surface area contributed by atoms with Crippen LogP contribution >= 0.6 is 0 Å². The molecule has 0 unspecified atom stereocenters. The lowest BCUT2D eigenvalue weighted by Gasteiger charge is -2.30. The van der Waals surface area contributed by atoms with Crippen molar-refractivity contribution < 1.29 is 24.1 Å². The Balaban J connectivity index is 2.21. The fourth-order valence-electron chi connectivity index (χ4n) is 2.63. The summed E-state index contributed by atoms with van der Waals surface area (Å²) in [4.78, 5) is 11.7. The topological polar surface area (TPSA) is 77.0 Å². The zero-order valence-electron chi connectivity index (χ0n) is 15.7. The zero-order valence-corrected chi connectivity index (χ0v) is 15.7. The lowest BCUT2D eigenvalue weighted by atomic mass is 9.95. The standard InChI is InChI=1S/C18H35NO5/c1-5-6-11-22-15-7-9-16(10-8-15)23-13-14(12-20)19-17(21)24-18(2,3)4/h14-16,20H,5-13H2,1-4H3,(H,19,21)/t14-,15?,16?/m0/s1. The number of ether oxygens (including phenoxy) is 3. The Hall–Kier alpha value is -0.850. The maximum Gasteiger partial charge on any atom is 0.408 e. The van der Waals surface area contributed by atoms with Gasteiger partial charge in [-0.1, -0.05) is 13.3 Å². The molecule has 1 rings (SSSR count). The molecule has 1 aliphatic carbocycles. The number of hydrogen-bond donors (Lipinski definition) is 2. The Morgan fingerprint density at radius 2 is 1.75 bits per heavy atom. The molecule has 24 heavy (non-hydrogen) atoms. The summed E-state index contributed by atoms with van der Waals surface area (Å²) in [6.45, 7) is 8.54. The summed E-state index contributed by atoms with van der Waals surface area (Å²) in [5, 5.41) is 12.0. The van der Waals surface area contributed by atoms with Gasteiger partial charge in [0.25, 0.3) is 0 Å². The van der Waals surface area contributed by atoms with E-state index in [0.717, 1.165) is 45.1 Å². The summed E-state index contributed by atoms with van der Waals surface area (Å²) in [5.74, 6) is 0. The van der Waals surface area contributed by atoms with Gasteiger partial charge in [0.05, 0.1) is 31.5 Å². The molecule has 2 N–H and O–H groups in total. The molecule has 6 nitrogen and oxygen atoms in total. The normalized spacial score (nSPS) is 22.9. The van der Waals surface area contributed by atoms with Crippen molar-refractivity contribution in [3.63, 3.8) is 0 Å². The predicted octanol–water partition coefficient (Wildman–Crippen LogP) is 3.02. The van der Waals surface area contributed by atoms with E-state index in [2.05, 4.69) is 12.2 Å². The van der Waals surface area contributed by atoms with E-state index < -0.39 is 17.7 Å². The van der Waals surface area contributed by atoms with E-state index in [0.29, 0.717) is 12.7 Å². The Kier molecular flexibility index (Phi) is 9.63. The van der Waals surface area contributed by atoms with E-state index in [1.165, 1.54) is 0 Å². The molecule has 0 aromatic carbocycles. The second kappa shape index (κ2) is 10.9. The fourth-order valence-corrected chi connectivity index (χ4v) is 2.63. The minimum absolute atomic E-state index is 0.172. The quantitative estimate of drug-likeness (QED) is 0.628. The van der Waals surface area contributed by atoms with Gasteiger partial charge < -0.3 is 24.6 Å². The fraction of sp³-hybridized carbons (Fsp3) is 0.944. The molecular weight excluding hydrogens is 310 g/mol. The highest BCUT2D eigenvalue weighted by Crippen LogP contribution is 2.23. The summed E-state index contributed by atoms with van der Waals surface area (Å²) in [6, 6.07) is -0.446. The molecule has 1 fully saturated rings. The maximum absolute atomic E-state index is 11.7. The summed E-state index contributed by atoms with van der Waals surface area (Å²) in [6.07, 6.45) is 6.21. The number of alkyl carbamates (subject to hydrolysis) is 1. The second-order valence-corrected chi connectivity index (χ2v) is 7.48. The van der Waals surface area contributed by atoms with Crippen molar-refractivity contribution in [2.45, 2.75) is 90.1 Å². The number of carbonyl (C=O) groups excluding carboxylic acids is 1. The van der Waals surface area contributed by atoms with Crippen molar-refractivity contribution in [1.29, 1.82) is 0 Å². The summed E-state index contributed by atoms with van der Waals surface area (Å²) < 4.78 is 16.9. The van der Waals surface area contributed by atoms with Crippen LogP contribution in [0.1, 0.15) is 66.2 Å². The Morgan fingerprint density at radius 3 is 2.25 bits per heavy atom. The zero-order chi connectivity index (χ0) is 18.0. The van der Waals surface area contributed by atoms with E-state index in [1.807, 2.05) is 0 Å². The van der Waals surface area contributed by atoms with Gasteiger partial charge in [0.1, 0.15) is 5.60 Å². The molecule has 0 aliphatic heterocycles. The van der Waals surface area contributed by atoms with Crippen molar-refractivity contribution in [3.05, 3.63) is 0 Å². The van der Waals surface area contributed by atoms with Crippen molar-refractivity contribution >= 4 is 6.09 Å². The molecule has 1 atom stereocenters. The number of aliphatic hydroxyl groups excluding tert-OH is 1. The molecular formula is C18H35NO5. The van der Waals surface area contributed by atoms with Crippen LogP contribution in [0.3, 0.4) is 0 Å². The lowest BCUT2D eigenvalue weighted by Crippen LogP contribution is -2.44. The highest BCUT2D eigenvalue weighted by atomic mass is 16.6. The van der Waals surface area contributed by atoms with Gasteiger partial charge >= 0.3 is 6.09 Å². The molecule has 0 spiro atoms. The number of nitrogens with one attached hydrogen (secondary N) is 1. The third-order valence-electron chi connectivity index (χ3n) is 3.95. The molecule has 142 valence electrons. The van der Waals surface area contributed by atoms with E-state index in [9.17, 15) is 9.90 Å². The first-order chi connectivity index (χ1) is 11.3. The molecule has 0 aromatic rings. The predicted molar refractivity (Wildman–Crippen MR) is 93.1 cm³/mol. The third kappa shape index (κ3) is 9.45. The molecule has 6 heteroatoms. The summed E-state index contributed by atoms with van der Waals surface area (Å²) in [7, 11) is 0. The molecule has 0 bridgehead atoms. The number of aliphatic hydroxyl groups is 1. The Labute approximate surface area is 146 Å². The highest BCUT2D eigenvalue weighted by Gasteiger charge is 2.24. The van der Waals surface area contributed by atoms with Crippen LogP contribution in [-0.4, -0.2) is 54.9 Å². The van der Waals surface area contributed by atoms with Gasteiger partial charge in [-0.05, 0) is 52.9 Å². The van der Waals surface area contributed by atoms with Gasteiger partial charge in [-0.2, -0.15) is 0 Å². The Morgan fingerprint density at radius 1 is 1.17 bits per heavy atom. The van der Waals surface area contributed by atoms with Gasteiger partial charge in [0.2, 0.25) is 0 Å². The molecule has 0 aromatic heterocycles. The number of carbonyl (C=O) groups is 1. The van der Waals surface area contributed by atoms with E-state index in [1.54, 1.807) is 20.8 Å². The van der Waals surface area contributed by atoms with Crippen LogP contribution in [-0.2, 0) is 14.2 Å². The first-order valence-corrected chi connectivity index (χ1v) is 9.17. The molecule has 0 radical (unpaired) electrons. The summed E-state index contributed by atoms with van der Waals surface area (Å²) in [5.41, 5.74) is -0.554. The maximum atomic E-state index is 11.7. The van der Waals surface area contributed by atoms with Crippen LogP contribution in [0, 0.1) is 0 Å². The lowest BCUT2D eigenvalue weighted by molar-refractivity contribution is -0.0402. The van der Waals surface area contributed by atoms with Crippen LogP contribution in [0.25, 0.3) is 0 Å². The van der Waals surface area contributed by atoms with Crippen LogP contribution < -0.4 is 5.32 Å². The number of unbranched alkanes of at least 4 members (excludes halogenated alkanes) is 1. The minimum atomic E-state index is -0.554. The largest absolute Gasteiger partial charge is 0.444 e. The summed E-state index contributed by atoms with van der Waals surface area (Å²) >= 11 is 0. The van der Waals surface area contributed by atoms with Gasteiger partial charge in [0, 0.05) is 6.61 Å². The molecule has 1 amide bonds. The van der Waals surface area contributed by atoms with Crippen molar-refractivity contribution in [2.75, 3.05) is 19.8 Å². The molecule has 1 aliphatic rings. The van der Waals surface area contributed by atoms with Gasteiger partial charge in [-0.3, -0.25) is 0 Å². The average Bonchev–Trinajstić information content (AvgIpc) is 2.51. The van der Waals surface area contributed by atoms with Crippen LogP contribution in [0.15, 0.2) is 0 Å². The van der Waals surface area contributed by atoms with E-state index in [-0.39, 0.29) is 12.7 Å². The average molecular weight is 345 g/mol. The van der Waals surface area contributed by atoms with Gasteiger partial charge in [0.15, 0.2) is 0 Å².